The summed E-state index contributed by atoms with van der Waals surface area (Å²) in [4.78, 5) is 18.6. The molecule has 6 nitrogen and oxygen atoms in total. The summed E-state index contributed by atoms with van der Waals surface area (Å²) in [7, 11) is 0. The number of aromatic nitrogens is 2. The molecule has 0 saturated carbocycles. The van der Waals surface area contributed by atoms with Crippen LogP contribution in [0.15, 0.2) is 48.7 Å². The van der Waals surface area contributed by atoms with Gasteiger partial charge >= 0.3 is 0 Å². The zero-order chi connectivity index (χ0) is 21.4. The molecule has 0 radical (unpaired) electrons. The number of anilines is 1. The average Bonchev–Trinajstić information content (AvgIpc) is 3.32. The van der Waals surface area contributed by atoms with E-state index in [2.05, 4.69) is 51.9 Å². The van der Waals surface area contributed by atoms with Crippen LogP contribution in [0.25, 0.3) is 21.8 Å². The smallest absolute Gasteiger partial charge is 0.255 e. The molecule has 2 aromatic carbocycles. The lowest BCUT2D eigenvalue weighted by molar-refractivity contribution is 0.0365. The van der Waals surface area contributed by atoms with Gasteiger partial charge < -0.3 is 19.6 Å². The summed E-state index contributed by atoms with van der Waals surface area (Å²) < 4.78 is 7.71. The van der Waals surface area contributed by atoms with Gasteiger partial charge in [0.15, 0.2) is 0 Å². The highest BCUT2D eigenvalue weighted by Gasteiger charge is 2.13. The van der Waals surface area contributed by atoms with Crippen molar-refractivity contribution < 1.29 is 9.53 Å². The Bertz CT molecular complexity index is 1250. The number of amides is 1. The number of nitrogens with zero attached hydrogens (tertiary/aromatic N) is 2. The van der Waals surface area contributed by atoms with E-state index in [4.69, 9.17) is 4.74 Å². The monoisotopic (exact) mass is 416 g/mol. The van der Waals surface area contributed by atoms with Gasteiger partial charge in [-0.2, -0.15) is 0 Å². The first-order chi connectivity index (χ1) is 15.1. The van der Waals surface area contributed by atoms with Crippen molar-refractivity contribution in [2.24, 2.45) is 0 Å². The van der Waals surface area contributed by atoms with Gasteiger partial charge in [-0.3, -0.25) is 9.69 Å². The van der Waals surface area contributed by atoms with Gasteiger partial charge in [0.1, 0.15) is 0 Å². The number of fused-ring (bicyclic) bond motifs is 2. The maximum atomic E-state index is 12.9. The molecule has 0 aliphatic carbocycles. The van der Waals surface area contributed by atoms with Crippen LogP contribution in [0.4, 0.5) is 5.69 Å². The molecule has 1 amide bonds. The van der Waals surface area contributed by atoms with Crippen LogP contribution in [0.5, 0.6) is 0 Å². The predicted octanol–water partition coefficient (Wildman–Crippen LogP) is 4.32. The van der Waals surface area contributed by atoms with Gasteiger partial charge in [-0.05, 0) is 61.9 Å². The normalized spacial score (nSPS) is 15.0. The van der Waals surface area contributed by atoms with Gasteiger partial charge in [0.05, 0.1) is 13.2 Å². The Labute approximate surface area is 181 Å². The fourth-order valence-electron chi connectivity index (χ4n) is 4.35. The number of hydrogen-bond acceptors (Lipinski definition) is 3. The van der Waals surface area contributed by atoms with Crippen molar-refractivity contribution in [2.45, 2.75) is 20.4 Å². The number of morpholine rings is 1. The molecule has 2 N–H and O–H groups in total. The fourth-order valence-corrected chi connectivity index (χ4v) is 4.35. The van der Waals surface area contributed by atoms with Crippen LogP contribution in [0.1, 0.15) is 21.6 Å². The molecule has 1 saturated heterocycles. The topological polar surface area (TPSA) is 62.3 Å². The second-order valence-corrected chi connectivity index (χ2v) is 8.33. The summed E-state index contributed by atoms with van der Waals surface area (Å²) in [6.07, 6.45) is 2.13. The molecule has 1 aliphatic rings. The predicted molar refractivity (Wildman–Crippen MR) is 125 cm³/mol. The van der Waals surface area contributed by atoms with Crippen molar-refractivity contribution >= 4 is 33.4 Å². The molecule has 1 fully saturated rings. The molecule has 3 heterocycles. The zero-order valence-corrected chi connectivity index (χ0v) is 18.1. The molecule has 31 heavy (non-hydrogen) atoms. The Morgan fingerprint density at radius 1 is 1.06 bits per heavy atom. The second kappa shape index (κ2) is 8.21. The highest BCUT2D eigenvalue weighted by atomic mass is 16.5. The van der Waals surface area contributed by atoms with E-state index >= 15 is 0 Å². The number of aryl methyl sites for hydroxylation is 2. The second-order valence-electron chi connectivity index (χ2n) is 8.33. The first-order valence-corrected chi connectivity index (χ1v) is 10.9. The van der Waals surface area contributed by atoms with Crippen LogP contribution in [0.3, 0.4) is 0 Å². The van der Waals surface area contributed by atoms with Crippen molar-refractivity contribution in [2.75, 3.05) is 38.2 Å². The number of aromatic amines is 1. The number of benzene rings is 2. The van der Waals surface area contributed by atoms with Crippen molar-refractivity contribution in [3.8, 4) is 0 Å². The maximum absolute atomic E-state index is 12.9. The summed E-state index contributed by atoms with van der Waals surface area (Å²) in [5.41, 5.74) is 6.04. The number of carbonyl (C=O) groups excluding carboxylic acids is 1. The highest BCUT2D eigenvalue weighted by molar-refractivity contribution is 6.07. The van der Waals surface area contributed by atoms with E-state index in [1.165, 1.54) is 11.1 Å². The lowest BCUT2D eigenvalue weighted by Gasteiger charge is -2.26. The number of H-pyrrole nitrogens is 1. The third-order valence-electron chi connectivity index (χ3n) is 6.36. The number of hydrogen-bond donors (Lipinski definition) is 2. The molecule has 160 valence electrons. The van der Waals surface area contributed by atoms with Gasteiger partial charge in [-0.1, -0.05) is 0 Å². The van der Waals surface area contributed by atoms with Crippen LogP contribution in [-0.2, 0) is 11.3 Å². The molecule has 0 spiro atoms. The van der Waals surface area contributed by atoms with E-state index < -0.39 is 0 Å². The quantitative estimate of drug-likeness (QED) is 0.509. The Hall–Kier alpha value is -3.09. The molecule has 0 atom stereocenters. The molecule has 2 aromatic heterocycles. The van der Waals surface area contributed by atoms with E-state index in [0.717, 1.165) is 67.1 Å². The lowest BCUT2D eigenvalue weighted by Crippen LogP contribution is -2.38. The summed E-state index contributed by atoms with van der Waals surface area (Å²) in [5, 5.41) is 5.28. The Kier molecular flexibility index (Phi) is 5.26. The summed E-state index contributed by atoms with van der Waals surface area (Å²) >= 11 is 0. The first kappa shape index (κ1) is 19.8. The standard InChI is InChI=1S/C25H28N4O2/c1-17-18(2)26-23-5-3-20(16-22(17)23)25(30)27-21-4-6-24-19(15-21)7-8-29(24)10-9-28-11-13-31-14-12-28/h3-8,15-16,26H,9-14H2,1-2H3,(H,27,30). The van der Waals surface area contributed by atoms with Crippen LogP contribution in [0, 0.1) is 13.8 Å². The first-order valence-electron chi connectivity index (χ1n) is 10.9. The molecule has 1 aliphatic heterocycles. The third kappa shape index (κ3) is 3.96. The van der Waals surface area contributed by atoms with Gasteiger partial charge in [0.2, 0.25) is 0 Å². The lowest BCUT2D eigenvalue weighted by atomic mass is 10.1. The van der Waals surface area contributed by atoms with Gasteiger partial charge in [-0.25, -0.2) is 0 Å². The van der Waals surface area contributed by atoms with Crippen LogP contribution < -0.4 is 5.32 Å². The number of carbonyl (C=O) groups is 1. The maximum Gasteiger partial charge on any atom is 0.255 e. The van der Waals surface area contributed by atoms with E-state index in [1.807, 2.05) is 30.3 Å². The van der Waals surface area contributed by atoms with Crippen molar-refractivity contribution in [3.63, 3.8) is 0 Å². The van der Waals surface area contributed by atoms with Crippen molar-refractivity contribution in [1.29, 1.82) is 0 Å². The molecule has 4 aromatic rings. The Balaban J connectivity index is 1.30. The molecular formula is C25H28N4O2. The van der Waals surface area contributed by atoms with Crippen molar-refractivity contribution in [3.05, 3.63) is 65.5 Å². The molecule has 0 bridgehead atoms. The SMILES string of the molecule is Cc1[nH]c2ccc(C(=O)Nc3ccc4c(ccn4CCN4CCOCC4)c3)cc2c1C. The Morgan fingerprint density at radius 3 is 2.74 bits per heavy atom. The van der Waals surface area contributed by atoms with Gasteiger partial charge in [-0.15, -0.1) is 0 Å². The third-order valence-corrected chi connectivity index (χ3v) is 6.36. The number of ether oxygens (including phenoxy) is 1. The van der Waals surface area contributed by atoms with Crippen LogP contribution in [-0.4, -0.2) is 53.2 Å². The van der Waals surface area contributed by atoms with E-state index in [9.17, 15) is 4.79 Å². The van der Waals surface area contributed by atoms with E-state index in [0.29, 0.717) is 5.56 Å². The Morgan fingerprint density at radius 2 is 1.90 bits per heavy atom. The molecule has 5 rings (SSSR count). The summed E-state index contributed by atoms with van der Waals surface area (Å²) in [6, 6.07) is 14.0. The van der Waals surface area contributed by atoms with Crippen LogP contribution >= 0.6 is 0 Å². The largest absolute Gasteiger partial charge is 0.379 e. The highest BCUT2D eigenvalue weighted by Crippen LogP contribution is 2.24. The summed E-state index contributed by atoms with van der Waals surface area (Å²) in [5.74, 6) is -0.0914. The molecule has 6 heteroatoms. The minimum Gasteiger partial charge on any atom is -0.379 e. The van der Waals surface area contributed by atoms with Crippen molar-refractivity contribution in [1.82, 2.24) is 14.5 Å². The van der Waals surface area contributed by atoms with Crippen LogP contribution in [0.2, 0.25) is 0 Å². The van der Waals surface area contributed by atoms with Gasteiger partial charge in [0, 0.05) is 71.1 Å². The zero-order valence-electron chi connectivity index (χ0n) is 18.1. The van der Waals surface area contributed by atoms with Gasteiger partial charge in [0.25, 0.3) is 5.91 Å². The number of nitrogens with one attached hydrogen (secondary N) is 2. The fraction of sp³-hybridized carbons (Fsp3) is 0.320. The van der Waals surface area contributed by atoms with E-state index in [-0.39, 0.29) is 5.91 Å². The average molecular weight is 417 g/mol. The minimum absolute atomic E-state index is 0.0914. The van der Waals surface area contributed by atoms with E-state index in [1.54, 1.807) is 0 Å². The molecular weight excluding hydrogens is 388 g/mol. The molecule has 0 unspecified atom stereocenters. The number of rotatable bonds is 5. The minimum atomic E-state index is -0.0914. The summed E-state index contributed by atoms with van der Waals surface area (Å²) in [6.45, 7) is 9.76.